The predicted molar refractivity (Wildman–Crippen MR) is 85.4 cm³/mol. The zero-order chi connectivity index (χ0) is 17.5. The van der Waals surface area contributed by atoms with E-state index >= 15 is 0 Å². The van der Waals surface area contributed by atoms with E-state index in [1.54, 1.807) is 24.3 Å². The summed E-state index contributed by atoms with van der Waals surface area (Å²) in [4.78, 5) is 34.3. The summed E-state index contributed by atoms with van der Waals surface area (Å²) >= 11 is 0. The molecule has 0 atom stereocenters. The summed E-state index contributed by atoms with van der Waals surface area (Å²) in [6.45, 7) is 6.56. The Balaban J connectivity index is 2.34. The van der Waals surface area contributed by atoms with Gasteiger partial charge in [0, 0.05) is 11.1 Å². The van der Waals surface area contributed by atoms with Crippen molar-refractivity contribution >= 4 is 17.7 Å². The van der Waals surface area contributed by atoms with Crippen LogP contribution in [0.2, 0.25) is 0 Å². The van der Waals surface area contributed by atoms with Gasteiger partial charge in [0.25, 0.3) is 5.91 Å². The molecule has 0 fully saturated rings. The molecule has 0 aliphatic heterocycles. The van der Waals surface area contributed by atoms with Crippen LogP contribution in [0.5, 0.6) is 5.75 Å². The highest BCUT2D eigenvalue weighted by Gasteiger charge is 2.18. The molecular formula is C17H23NO5. The van der Waals surface area contributed by atoms with Crippen LogP contribution in [0, 0.1) is 0 Å². The summed E-state index contributed by atoms with van der Waals surface area (Å²) in [6, 6.07) is 6.42. The lowest BCUT2D eigenvalue weighted by Crippen LogP contribution is -2.44. The molecule has 0 saturated heterocycles. The number of hydrogen-bond acceptors (Lipinski definition) is 5. The van der Waals surface area contributed by atoms with Gasteiger partial charge in [-0.1, -0.05) is 6.92 Å². The summed E-state index contributed by atoms with van der Waals surface area (Å²) in [7, 11) is 0. The first kappa shape index (κ1) is 18.7. The molecule has 0 bridgehead atoms. The number of rotatable bonds is 8. The minimum atomic E-state index is -0.634. The highest BCUT2D eigenvalue weighted by molar-refractivity contribution is 5.94. The third-order valence-corrected chi connectivity index (χ3v) is 3.34. The molecule has 1 rings (SSSR count). The number of ketones is 1. The summed E-state index contributed by atoms with van der Waals surface area (Å²) in [5.41, 5.74) is 0.230. The fraction of sp³-hybridized carbons (Fsp3) is 0.471. The van der Waals surface area contributed by atoms with Crippen molar-refractivity contribution in [3.8, 4) is 5.75 Å². The van der Waals surface area contributed by atoms with Crippen molar-refractivity contribution in [1.82, 2.24) is 5.32 Å². The Hall–Kier alpha value is -2.37. The molecule has 0 radical (unpaired) electrons. The molecule has 6 heteroatoms. The predicted octanol–water partition coefficient (Wildman–Crippen LogP) is 2.12. The summed E-state index contributed by atoms with van der Waals surface area (Å²) in [5.74, 6) is -0.582. The molecule has 23 heavy (non-hydrogen) atoms. The van der Waals surface area contributed by atoms with Gasteiger partial charge in [0.05, 0.1) is 0 Å². The Kier molecular flexibility index (Phi) is 6.75. The molecule has 126 valence electrons. The van der Waals surface area contributed by atoms with E-state index in [1.807, 2.05) is 20.8 Å². The highest BCUT2D eigenvalue weighted by Crippen LogP contribution is 2.12. The van der Waals surface area contributed by atoms with E-state index < -0.39 is 5.97 Å². The first-order valence-corrected chi connectivity index (χ1v) is 7.44. The lowest BCUT2D eigenvalue weighted by molar-refractivity contribution is -0.150. The van der Waals surface area contributed by atoms with Crippen LogP contribution in [0.25, 0.3) is 0 Å². The van der Waals surface area contributed by atoms with Gasteiger partial charge < -0.3 is 14.8 Å². The number of benzene rings is 1. The quantitative estimate of drug-likeness (QED) is 0.586. The third-order valence-electron chi connectivity index (χ3n) is 3.34. The van der Waals surface area contributed by atoms with Crippen LogP contribution in [0.4, 0.5) is 0 Å². The van der Waals surface area contributed by atoms with E-state index in [1.165, 1.54) is 6.92 Å². The van der Waals surface area contributed by atoms with Crippen LogP contribution in [0.1, 0.15) is 44.5 Å². The average Bonchev–Trinajstić information content (AvgIpc) is 2.51. The third kappa shape index (κ3) is 6.95. The van der Waals surface area contributed by atoms with E-state index in [0.717, 1.165) is 6.42 Å². The Morgan fingerprint density at radius 3 is 2.22 bits per heavy atom. The maximum absolute atomic E-state index is 11.6. The van der Waals surface area contributed by atoms with Crippen molar-refractivity contribution in [3.63, 3.8) is 0 Å². The maximum atomic E-state index is 11.6. The Labute approximate surface area is 136 Å². The van der Waals surface area contributed by atoms with Crippen LogP contribution in [-0.2, 0) is 14.3 Å². The Morgan fingerprint density at radius 1 is 1.09 bits per heavy atom. The number of Topliss-reactive ketones (excluding diaryl/α,β-unsaturated/α-hetero) is 1. The minimum absolute atomic E-state index is 0.0445. The average molecular weight is 321 g/mol. The van der Waals surface area contributed by atoms with E-state index in [4.69, 9.17) is 9.47 Å². The van der Waals surface area contributed by atoms with Gasteiger partial charge in [-0.25, -0.2) is 4.79 Å². The first-order valence-electron chi connectivity index (χ1n) is 7.44. The zero-order valence-corrected chi connectivity index (χ0v) is 14.0. The van der Waals surface area contributed by atoms with Crippen molar-refractivity contribution in [3.05, 3.63) is 29.8 Å². The molecule has 0 aliphatic carbocycles. The topological polar surface area (TPSA) is 81.7 Å². The minimum Gasteiger partial charge on any atom is -0.482 e. The number of amides is 1. The first-order chi connectivity index (χ1) is 10.7. The molecule has 1 aromatic rings. The number of carbonyl (C=O) groups excluding carboxylic acids is 3. The van der Waals surface area contributed by atoms with E-state index in [0.29, 0.717) is 11.3 Å². The second kappa shape index (κ2) is 8.31. The summed E-state index contributed by atoms with van der Waals surface area (Å²) in [6.07, 6.45) is 0.770. The number of esters is 1. The monoisotopic (exact) mass is 321 g/mol. The van der Waals surface area contributed by atoms with Gasteiger partial charge in [0.1, 0.15) is 5.75 Å². The molecule has 1 aromatic carbocycles. The van der Waals surface area contributed by atoms with Gasteiger partial charge in [-0.15, -0.1) is 0 Å². The number of nitrogens with one attached hydrogen (secondary N) is 1. The SMILES string of the molecule is CCC(C)(C)NC(=O)COC(=O)COc1ccc(C(C)=O)cc1. The fourth-order valence-corrected chi connectivity index (χ4v) is 1.62. The van der Waals surface area contributed by atoms with Crippen molar-refractivity contribution < 1.29 is 23.9 Å². The van der Waals surface area contributed by atoms with Crippen LogP contribution in [0.3, 0.4) is 0 Å². The van der Waals surface area contributed by atoms with Crippen molar-refractivity contribution in [2.24, 2.45) is 0 Å². The van der Waals surface area contributed by atoms with E-state index in [-0.39, 0.29) is 30.4 Å². The molecular weight excluding hydrogens is 298 g/mol. The standard InChI is InChI=1S/C17H23NO5/c1-5-17(3,4)18-15(20)10-23-16(21)11-22-14-8-6-13(7-9-14)12(2)19/h6-9H,5,10-11H2,1-4H3,(H,18,20). The summed E-state index contributed by atoms with van der Waals surface area (Å²) in [5, 5.41) is 2.76. The number of ether oxygens (including phenoxy) is 2. The lowest BCUT2D eigenvalue weighted by atomic mass is 10.0. The second-order valence-electron chi connectivity index (χ2n) is 5.82. The van der Waals surface area contributed by atoms with Crippen LogP contribution in [0.15, 0.2) is 24.3 Å². The Bertz CT molecular complexity index is 563. The van der Waals surface area contributed by atoms with Crippen LogP contribution < -0.4 is 10.1 Å². The molecule has 1 N–H and O–H groups in total. The molecule has 6 nitrogen and oxygen atoms in total. The molecule has 0 saturated carbocycles. The van der Waals surface area contributed by atoms with Gasteiger partial charge >= 0.3 is 5.97 Å². The molecule has 0 aliphatic rings. The van der Waals surface area contributed by atoms with Gasteiger partial charge in [0.2, 0.25) is 0 Å². The fourth-order valence-electron chi connectivity index (χ4n) is 1.62. The smallest absolute Gasteiger partial charge is 0.344 e. The lowest BCUT2D eigenvalue weighted by Gasteiger charge is -2.24. The van der Waals surface area contributed by atoms with Crippen molar-refractivity contribution in [2.45, 2.75) is 39.7 Å². The Morgan fingerprint density at radius 2 is 1.70 bits per heavy atom. The largest absolute Gasteiger partial charge is 0.482 e. The zero-order valence-electron chi connectivity index (χ0n) is 14.0. The second-order valence-corrected chi connectivity index (χ2v) is 5.82. The molecule has 0 unspecified atom stereocenters. The van der Waals surface area contributed by atoms with E-state index in [9.17, 15) is 14.4 Å². The number of carbonyl (C=O) groups is 3. The maximum Gasteiger partial charge on any atom is 0.344 e. The number of hydrogen-bond donors (Lipinski definition) is 1. The van der Waals surface area contributed by atoms with Crippen molar-refractivity contribution in [1.29, 1.82) is 0 Å². The van der Waals surface area contributed by atoms with Gasteiger partial charge in [-0.2, -0.15) is 0 Å². The van der Waals surface area contributed by atoms with Crippen LogP contribution >= 0.6 is 0 Å². The normalized spacial score (nSPS) is 10.8. The molecule has 1 amide bonds. The molecule has 0 heterocycles. The van der Waals surface area contributed by atoms with Gasteiger partial charge in [-0.05, 0) is 51.5 Å². The summed E-state index contributed by atoms with van der Waals surface area (Å²) < 4.78 is 10.1. The molecule has 0 spiro atoms. The highest BCUT2D eigenvalue weighted by atomic mass is 16.6. The van der Waals surface area contributed by atoms with Gasteiger partial charge in [-0.3, -0.25) is 9.59 Å². The molecule has 0 aromatic heterocycles. The van der Waals surface area contributed by atoms with Gasteiger partial charge in [0.15, 0.2) is 19.0 Å². The van der Waals surface area contributed by atoms with E-state index in [2.05, 4.69) is 5.32 Å². The van der Waals surface area contributed by atoms with Crippen LogP contribution in [-0.4, -0.2) is 36.4 Å². The van der Waals surface area contributed by atoms with Crippen molar-refractivity contribution in [2.75, 3.05) is 13.2 Å².